The molecule has 10 rings (SSSR count). The number of nitrogens with zero attached hydrogens (tertiary/aromatic N) is 2. The fraction of sp³-hybridized carbons (Fsp3) is 0.0714. The molecule has 0 saturated heterocycles. The molecule has 10 aromatic carbocycles. The van der Waals surface area contributed by atoms with Gasteiger partial charge in [-0.1, -0.05) is 168 Å². The Kier molecular flexibility index (Phi) is 8.76. The van der Waals surface area contributed by atoms with E-state index in [0.29, 0.717) is 0 Å². The van der Waals surface area contributed by atoms with Crippen LogP contribution >= 0.6 is 0 Å². The van der Waals surface area contributed by atoms with Crippen molar-refractivity contribution in [1.82, 2.24) is 0 Å². The van der Waals surface area contributed by atoms with Gasteiger partial charge in [0.05, 0.1) is 11.4 Å². The van der Waals surface area contributed by atoms with Crippen molar-refractivity contribution in [2.75, 3.05) is 9.80 Å². The van der Waals surface area contributed by atoms with Crippen molar-refractivity contribution in [2.45, 2.75) is 27.7 Å². The van der Waals surface area contributed by atoms with E-state index in [4.69, 9.17) is 0 Å². The van der Waals surface area contributed by atoms with Gasteiger partial charge in [0.2, 0.25) is 0 Å². The number of aryl methyl sites for hydroxylation is 4. The minimum atomic E-state index is 1.13. The summed E-state index contributed by atoms with van der Waals surface area (Å²) in [7, 11) is 0. The van der Waals surface area contributed by atoms with Crippen LogP contribution < -0.4 is 9.80 Å². The predicted octanol–water partition coefficient (Wildman–Crippen LogP) is 16.1. The second kappa shape index (κ2) is 14.4. The van der Waals surface area contributed by atoms with Gasteiger partial charge in [0, 0.05) is 44.3 Å². The van der Waals surface area contributed by atoms with Crippen molar-refractivity contribution in [1.29, 1.82) is 0 Å². The highest BCUT2D eigenvalue weighted by atomic mass is 15.2. The molecule has 0 spiro atoms. The fourth-order valence-electron chi connectivity index (χ4n) is 8.82. The summed E-state index contributed by atoms with van der Waals surface area (Å²) in [5.74, 6) is 0. The molecule has 2 nitrogen and oxygen atoms in total. The van der Waals surface area contributed by atoms with Gasteiger partial charge in [-0.2, -0.15) is 0 Å². The van der Waals surface area contributed by atoms with Crippen LogP contribution in [0.15, 0.2) is 194 Å². The smallest absolute Gasteiger partial charge is 0.0618 e. The molecule has 0 aliphatic rings. The van der Waals surface area contributed by atoms with E-state index in [2.05, 4.69) is 232 Å². The highest BCUT2D eigenvalue weighted by Gasteiger charge is 2.26. The molecule has 0 unspecified atom stereocenters. The van der Waals surface area contributed by atoms with Gasteiger partial charge in [-0.25, -0.2) is 0 Å². The van der Waals surface area contributed by atoms with Gasteiger partial charge in [0.1, 0.15) is 0 Å². The molecule has 0 heterocycles. The third-order valence-corrected chi connectivity index (χ3v) is 11.7. The molecule has 0 bridgehead atoms. The fourth-order valence-corrected chi connectivity index (χ4v) is 8.82. The van der Waals surface area contributed by atoms with Crippen molar-refractivity contribution in [3.05, 3.63) is 216 Å². The molecule has 0 aliphatic heterocycles. The van der Waals surface area contributed by atoms with Crippen molar-refractivity contribution in [3.8, 4) is 11.1 Å². The van der Waals surface area contributed by atoms with Crippen LogP contribution in [-0.4, -0.2) is 0 Å². The number of hydrogen-bond acceptors (Lipinski definition) is 2. The summed E-state index contributed by atoms with van der Waals surface area (Å²) in [6.07, 6.45) is 0. The van der Waals surface area contributed by atoms with Crippen molar-refractivity contribution < 1.29 is 0 Å². The van der Waals surface area contributed by atoms with Crippen LogP contribution in [0, 0.1) is 27.7 Å². The van der Waals surface area contributed by atoms with E-state index < -0.39 is 0 Å². The Labute approximate surface area is 340 Å². The van der Waals surface area contributed by atoms with Crippen molar-refractivity contribution in [2.24, 2.45) is 0 Å². The Balaban J connectivity index is 1.33. The number of anilines is 6. The number of rotatable bonds is 7. The molecule has 278 valence electrons. The predicted molar refractivity (Wildman–Crippen MR) is 250 cm³/mol. The maximum absolute atomic E-state index is 2.45. The summed E-state index contributed by atoms with van der Waals surface area (Å²) in [4.78, 5) is 4.90. The molecule has 10 aromatic rings. The SMILES string of the molecule is Cc1ccc(N(c2ccc(C)cc2)c2c3ccccc3c(-c3c4ccccc4c(N(c4ccc(C)cc4)c4ccc(C)cc4)c4ccccc34)c3ccccc23)cc1. The van der Waals surface area contributed by atoms with Crippen LogP contribution in [0.3, 0.4) is 0 Å². The third-order valence-electron chi connectivity index (χ3n) is 11.7. The average Bonchev–Trinajstić information content (AvgIpc) is 3.26. The summed E-state index contributed by atoms with van der Waals surface area (Å²) >= 11 is 0. The molecule has 58 heavy (non-hydrogen) atoms. The molecule has 0 atom stereocenters. The molecule has 0 aromatic heterocycles. The van der Waals surface area contributed by atoms with Gasteiger partial charge in [0.15, 0.2) is 0 Å². The van der Waals surface area contributed by atoms with Crippen LogP contribution in [0.5, 0.6) is 0 Å². The summed E-state index contributed by atoms with van der Waals surface area (Å²) in [6, 6.07) is 71.8. The zero-order valence-electron chi connectivity index (χ0n) is 33.4. The average molecular weight is 745 g/mol. The van der Waals surface area contributed by atoms with Crippen LogP contribution in [0.1, 0.15) is 22.3 Å². The van der Waals surface area contributed by atoms with E-state index >= 15 is 0 Å². The van der Waals surface area contributed by atoms with E-state index in [9.17, 15) is 0 Å². The number of hydrogen-bond donors (Lipinski definition) is 0. The van der Waals surface area contributed by atoms with Gasteiger partial charge in [-0.3, -0.25) is 0 Å². The van der Waals surface area contributed by atoms with Crippen LogP contribution in [0.25, 0.3) is 54.2 Å². The Morgan fingerprint density at radius 3 is 0.621 bits per heavy atom. The molecular weight excluding hydrogens is 701 g/mol. The summed E-state index contributed by atoms with van der Waals surface area (Å²) in [6.45, 7) is 8.61. The lowest BCUT2D eigenvalue weighted by Crippen LogP contribution is -2.12. The molecule has 2 heteroatoms. The molecule has 0 saturated carbocycles. The second-order valence-corrected chi connectivity index (χ2v) is 15.6. The van der Waals surface area contributed by atoms with Crippen molar-refractivity contribution >= 4 is 77.2 Å². The molecule has 0 N–H and O–H groups in total. The maximum Gasteiger partial charge on any atom is 0.0618 e. The molecular formula is C56H44N2. The lowest BCUT2D eigenvalue weighted by Gasteiger charge is -2.31. The minimum absolute atomic E-state index is 1.13. The first-order valence-electron chi connectivity index (χ1n) is 20.2. The van der Waals surface area contributed by atoms with Crippen LogP contribution in [0.2, 0.25) is 0 Å². The van der Waals surface area contributed by atoms with Gasteiger partial charge in [-0.05, 0) is 109 Å². The molecule has 0 aliphatic carbocycles. The second-order valence-electron chi connectivity index (χ2n) is 15.6. The van der Waals surface area contributed by atoms with Gasteiger partial charge in [0.25, 0.3) is 0 Å². The molecule has 0 radical (unpaired) electrons. The van der Waals surface area contributed by atoms with E-state index in [-0.39, 0.29) is 0 Å². The van der Waals surface area contributed by atoms with Gasteiger partial charge >= 0.3 is 0 Å². The largest absolute Gasteiger partial charge is 0.309 e. The normalized spacial score (nSPS) is 11.4. The highest BCUT2D eigenvalue weighted by Crippen LogP contribution is 2.53. The summed E-state index contributed by atoms with van der Waals surface area (Å²) in [5, 5.41) is 9.70. The van der Waals surface area contributed by atoms with Crippen LogP contribution in [0.4, 0.5) is 34.1 Å². The quantitative estimate of drug-likeness (QED) is 0.150. The van der Waals surface area contributed by atoms with Crippen molar-refractivity contribution in [3.63, 3.8) is 0 Å². The Bertz CT molecular complexity index is 2700. The molecule has 0 fully saturated rings. The zero-order valence-corrected chi connectivity index (χ0v) is 33.4. The third kappa shape index (κ3) is 5.97. The summed E-state index contributed by atoms with van der Waals surface area (Å²) in [5.41, 5.74) is 14.3. The van der Waals surface area contributed by atoms with E-state index in [1.165, 1.54) is 87.8 Å². The lowest BCUT2D eigenvalue weighted by atomic mass is 9.84. The first kappa shape index (κ1) is 35.3. The number of benzene rings is 10. The topological polar surface area (TPSA) is 6.48 Å². The number of fused-ring (bicyclic) bond motifs is 4. The Morgan fingerprint density at radius 2 is 0.414 bits per heavy atom. The Hall–Kier alpha value is -7.16. The lowest BCUT2D eigenvalue weighted by molar-refractivity contribution is 1.29. The standard InChI is InChI=1S/C56H44N2/c1-37-21-29-41(30-22-37)57(42-31-23-38(2)24-32-42)55-49-17-9-5-13-45(49)53(46-14-6-10-18-50(46)55)54-47-15-7-11-19-51(47)56(52-20-12-8-16-48(52)54)58(43-33-25-39(3)26-34-43)44-35-27-40(4)28-36-44/h5-36H,1-4H3. The van der Waals surface area contributed by atoms with E-state index in [0.717, 1.165) is 22.7 Å². The summed E-state index contributed by atoms with van der Waals surface area (Å²) < 4.78 is 0. The van der Waals surface area contributed by atoms with Crippen LogP contribution in [-0.2, 0) is 0 Å². The molecule has 0 amide bonds. The monoisotopic (exact) mass is 744 g/mol. The van der Waals surface area contributed by atoms with Gasteiger partial charge < -0.3 is 9.80 Å². The van der Waals surface area contributed by atoms with E-state index in [1.807, 2.05) is 0 Å². The first-order valence-corrected chi connectivity index (χ1v) is 20.2. The van der Waals surface area contributed by atoms with E-state index in [1.54, 1.807) is 0 Å². The highest BCUT2D eigenvalue weighted by molar-refractivity contribution is 6.30. The maximum atomic E-state index is 2.45. The van der Waals surface area contributed by atoms with Gasteiger partial charge in [-0.15, -0.1) is 0 Å². The first-order chi connectivity index (χ1) is 28.4. The minimum Gasteiger partial charge on any atom is -0.309 e. The zero-order chi connectivity index (χ0) is 39.3. The Morgan fingerprint density at radius 1 is 0.224 bits per heavy atom.